The highest BCUT2D eigenvalue weighted by Gasteiger charge is 1.96. The highest BCUT2D eigenvalue weighted by Crippen LogP contribution is 2.24. The third-order valence-corrected chi connectivity index (χ3v) is 3.50. The van der Waals surface area contributed by atoms with E-state index in [4.69, 9.17) is 11.6 Å². The van der Waals surface area contributed by atoms with Gasteiger partial charge in [-0.05, 0) is 19.1 Å². The van der Waals surface area contributed by atoms with E-state index in [2.05, 4.69) is 17.9 Å². The van der Waals surface area contributed by atoms with E-state index in [1.807, 2.05) is 24.8 Å². The Labute approximate surface area is 86.3 Å². The molecule has 0 atom stereocenters. The van der Waals surface area contributed by atoms with E-state index >= 15 is 0 Å². The second-order valence-corrected chi connectivity index (χ2v) is 4.91. The second-order valence-electron chi connectivity index (χ2n) is 2.13. The number of thioether (sulfide) groups is 1. The van der Waals surface area contributed by atoms with Crippen molar-refractivity contribution in [3.05, 3.63) is 21.3 Å². The lowest BCUT2D eigenvalue weighted by Gasteiger charge is -1.91. The van der Waals surface area contributed by atoms with Crippen LogP contribution in [0, 0.1) is 11.8 Å². The lowest BCUT2D eigenvalue weighted by atomic mass is 10.5. The van der Waals surface area contributed by atoms with Gasteiger partial charge in [0.25, 0.3) is 0 Å². The molecule has 64 valence electrons. The number of rotatable bonds is 3. The Hall–Kier alpha value is -0.100. The predicted molar refractivity (Wildman–Crippen MR) is 58.9 cm³/mol. The molecule has 0 bridgehead atoms. The van der Waals surface area contributed by atoms with E-state index in [9.17, 15) is 0 Å². The molecule has 1 aromatic rings. The van der Waals surface area contributed by atoms with Gasteiger partial charge in [-0.25, -0.2) is 0 Å². The molecule has 0 aliphatic heterocycles. The number of hydrogen-bond acceptors (Lipinski definition) is 2. The first-order chi connectivity index (χ1) is 5.83. The maximum atomic E-state index is 5.78. The molecule has 0 aliphatic rings. The number of hydrogen-bond donors (Lipinski definition) is 0. The van der Waals surface area contributed by atoms with Gasteiger partial charge in [-0.2, -0.15) is 0 Å². The van der Waals surface area contributed by atoms with Gasteiger partial charge in [-0.15, -0.1) is 29.0 Å². The van der Waals surface area contributed by atoms with Gasteiger partial charge in [0.2, 0.25) is 0 Å². The van der Waals surface area contributed by atoms with Gasteiger partial charge in [0.1, 0.15) is 0 Å². The topological polar surface area (TPSA) is 0 Å². The summed E-state index contributed by atoms with van der Waals surface area (Å²) in [5.74, 6) is 7.80. The van der Waals surface area contributed by atoms with Crippen molar-refractivity contribution < 1.29 is 0 Å². The molecule has 0 radical (unpaired) electrons. The maximum Gasteiger partial charge on any atom is 0.0931 e. The predicted octanol–water partition coefficient (Wildman–Crippen LogP) is 3.66. The van der Waals surface area contributed by atoms with Gasteiger partial charge in [-0.1, -0.05) is 17.5 Å². The molecule has 0 unspecified atom stereocenters. The van der Waals surface area contributed by atoms with Crippen LogP contribution in [-0.4, -0.2) is 5.75 Å². The summed E-state index contributed by atoms with van der Waals surface area (Å²) in [6.45, 7) is 1.86. The summed E-state index contributed by atoms with van der Waals surface area (Å²) in [6.07, 6.45) is 0. The van der Waals surface area contributed by atoms with Gasteiger partial charge in [-0.3, -0.25) is 0 Å². The zero-order valence-corrected chi connectivity index (χ0v) is 9.15. The summed E-state index contributed by atoms with van der Waals surface area (Å²) in [6, 6.07) is 4.01. The molecule has 0 N–H and O–H groups in total. The summed E-state index contributed by atoms with van der Waals surface area (Å²) < 4.78 is 0.868. The molecule has 3 heteroatoms. The molecule has 0 aromatic carbocycles. The zero-order chi connectivity index (χ0) is 8.81. The lowest BCUT2D eigenvalue weighted by Crippen LogP contribution is -1.74. The van der Waals surface area contributed by atoms with Crippen molar-refractivity contribution in [2.24, 2.45) is 0 Å². The van der Waals surface area contributed by atoms with Crippen LogP contribution in [0.1, 0.15) is 11.8 Å². The average Bonchev–Trinajstić information content (AvgIpc) is 2.45. The van der Waals surface area contributed by atoms with Crippen molar-refractivity contribution in [2.75, 3.05) is 5.75 Å². The van der Waals surface area contributed by atoms with Crippen molar-refractivity contribution in [3.63, 3.8) is 0 Å². The SMILES string of the molecule is CC#CCSCc1ccc(Cl)s1. The summed E-state index contributed by atoms with van der Waals surface area (Å²) in [4.78, 5) is 1.32. The zero-order valence-electron chi connectivity index (χ0n) is 6.76. The standard InChI is InChI=1S/C9H9ClS2/c1-2-3-6-11-7-8-4-5-9(10)12-8/h4-5H,6-7H2,1H3. The van der Waals surface area contributed by atoms with Gasteiger partial charge in [0, 0.05) is 10.6 Å². The van der Waals surface area contributed by atoms with E-state index in [-0.39, 0.29) is 0 Å². The van der Waals surface area contributed by atoms with Crippen molar-refractivity contribution in [2.45, 2.75) is 12.7 Å². The molecule has 0 nitrogen and oxygen atoms in total. The van der Waals surface area contributed by atoms with Crippen molar-refractivity contribution in [3.8, 4) is 11.8 Å². The molecular weight excluding hydrogens is 208 g/mol. The third-order valence-electron chi connectivity index (χ3n) is 1.22. The van der Waals surface area contributed by atoms with Crippen molar-refractivity contribution in [1.82, 2.24) is 0 Å². The van der Waals surface area contributed by atoms with Crippen LogP contribution in [0.2, 0.25) is 4.34 Å². The van der Waals surface area contributed by atoms with Gasteiger partial charge < -0.3 is 0 Å². The largest absolute Gasteiger partial charge is 0.143 e. The lowest BCUT2D eigenvalue weighted by molar-refractivity contribution is 1.54. The van der Waals surface area contributed by atoms with E-state index < -0.39 is 0 Å². The second kappa shape index (κ2) is 5.53. The Morgan fingerprint density at radius 1 is 1.58 bits per heavy atom. The monoisotopic (exact) mass is 216 g/mol. The van der Waals surface area contributed by atoms with E-state index in [0.717, 1.165) is 15.8 Å². The van der Waals surface area contributed by atoms with Crippen LogP contribution in [0.3, 0.4) is 0 Å². The molecule has 0 fully saturated rings. The van der Waals surface area contributed by atoms with Crippen molar-refractivity contribution in [1.29, 1.82) is 0 Å². The Morgan fingerprint density at radius 3 is 3.00 bits per heavy atom. The molecule has 0 spiro atoms. The minimum Gasteiger partial charge on any atom is -0.143 e. The first-order valence-electron chi connectivity index (χ1n) is 3.54. The van der Waals surface area contributed by atoms with Crippen LogP contribution in [-0.2, 0) is 5.75 Å². The first kappa shape index (κ1) is 9.98. The fourth-order valence-electron chi connectivity index (χ4n) is 0.704. The summed E-state index contributed by atoms with van der Waals surface area (Å²) >= 11 is 9.25. The summed E-state index contributed by atoms with van der Waals surface area (Å²) in [5.41, 5.74) is 0. The molecule has 0 saturated heterocycles. The quantitative estimate of drug-likeness (QED) is 0.549. The van der Waals surface area contributed by atoms with Crippen molar-refractivity contribution >= 4 is 34.7 Å². The molecule has 1 rings (SSSR count). The van der Waals surface area contributed by atoms with Crippen LogP contribution < -0.4 is 0 Å². The van der Waals surface area contributed by atoms with Crippen LogP contribution in [0.5, 0.6) is 0 Å². The molecule has 0 amide bonds. The van der Waals surface area contributed by atoms with E-state index in [1.54, 1.807) is 11.3 Å². The Bertz CT molecular complexity index is 293. The Kier molecular flexibility index (Phi) is 4.60. The Morgan fingerprint density at radius 2 is 2.42 bits per heavy atom. The van der Waals surface area contributed by atoms with Gasteiger partial charge in [0.15, 0.2) is 0 Å². The molecular formula is C9H9ClS2. The fraction of sp³-hybridized carbons (Fsp3) is 0.333. The summed E-state index contributed by atoms with van der Waals surface area (Å²) in [7, 11) is 0. The highest BCUT2D eigenvalue weighted by atomic mass is 35.5. The van der Waals surface area contributed by atoms with E-state index in [1.165, 1.54) is 4.88 Å². The van der Waals surface area contributed by atoms with Crippen LogP contribution in [0.25, 0.3) is 0 Å². The maximum absolute atomic E-state index is 5.78. The van der Waals surface area contributed by atoms with Crippen LogP contribution >= 0.6 is 34.7 Å². The number of halogens is 1. The van der Waals surface area contributed by atoms with Crippen LogP contribution in [0.15, 0.2) is 12.1 Å². The normalized spacial score (nSPS) is 9.17. The Balaban J connectivity index is 2.27. The number of thiophene rings is 1. The summed E-state index contributed by atoms with van der Waals surface area (Å²) in [5, 5.41) is 0. The molecule has 0 saturated carbocycles. The third kappa shape index (κ3) is 3.53. The average molecular weight is 217 g/mol. The minimum absolute atomic E-state index is 0.868. The molecule has 12 heavy (non-hydrogen) atoms. The fourth-order valence-corrected chi connectivity index (χ4v) is 2.72. The van der Waals surface area contributed by atoms with Gasteiger partial charge in [0.05, 0.1) is 10.1 Å². The first-order valence-corrected chi connectivity index (χ1v) is 5.89. The van der Waals surface area contributed by atoms with Gasteiger partial charge >= 0.3 is 0 Å². The molecule has 1 aromatic heterocycles. The highest BCUT2D eigenvalue weighted by molar-refractivity contribution is 7.98. The van der Waals surface area contributed by atoms with E-state index in [0.29, 0.717) is 0 Å². The molecule has 1 heterocycles. The minimum atomic E-state index is 0.868. The molecule has 0 aliphatic carbocycles. The smallest absolute Gasteiger partial charge is 0.0931 e. The van der Waals surface area contributed by atoms with Crippen LogP contribution in [0.4, 0.5) is 0 Å².